The molecule has 0 saturated heterocycles. The summed E-state index contributed by atoms with van der Waals surface area (Å²) in [6.45, 7) is 2.70. The second-order valence-corrected chi connectivity index (χ2v) is 5.98. The van der Waals surface area contributed by atoms with E-state index in [-0.39, 0.29) is 11.3 Å². The summed E-state index contributed by atoms with van der Waals surface area (Å²) in [5, 5.41) is 23.2. The third kappa shape index (κ3) is 4.10. The minimum absolute atomic E-state index is 0.0409. The Kier molecular flexibility index (Phi) is 5.56. The van der Waals surface area contributed by atoms with Crippen molar-refractivity contribution in [2.75, 3.05) is 18.5 Å². The number of amides is 1. The molecule has 2 aromatic rings. The van der Waals surface area contributed by atoms with Gasteiger partial charge in [-0.1, -0.05) is 19.1 Å². The summed E-state index contributed by atoms with van der Waals surface area (Å²) < 4.78 is 10.9. The van der Waals surface area contributed by atoms with E-state index in [0.29, 0.717) is 47.9 Å². The molecule has 28 heavy (non-hydrogen) atoms. The average Bonchev–Trinajstić information content (AvgIpc) is 2.71. The maximum atomic E-state index is 12.5. The molecule has 0 bridgehead atoms. The Balaban J connectivity index is 1.83. The van der Waals surface area contributed by atoms with E-state index in [2.05, 4.69) is 5.32 Å². The smallest absolute Gasteiger partial charge is 0.273 e. The van der Waals surface area contributed by atoms with Gasteiger partial charge in [0.15, 0.2) is 11.5 Å². The summed E-state index contributed by atoms with van der Waals surface area (Å²) in [6, 6.07) is 11.4. The molecular formula is C20H17N3O5. The summed E-state index contributed by atoms with van der Waals surface area (Å²) in [5.74, 6) is 0.474. The SMILES string of the molecule is CCc1ccc(/C=C(\C#N)C(=O)Nc2ccc3c(c2)OCCO3)cc1[N+](=O)[O-]. The fraction of sp³-hybridized carbons (Fsp3) is 0.200. The van der Waals surface area contributed by atoms with E-state index in [0.717, 1.165) is 0 Å². The van der Waals surface area contributed by atoms with Gasteiger partial charge in [-0.05, 0) is 30.2 Å². The van der Waals surface area contributed by atoms with Crippen LogP contribution in [-0.4, -0.2) is 24.0 Å². The Morgan fingerprint density at radius 2 is 2.00 bits per heavy atom. The predicted octanol–water partition coefficient (Wildman–Crippen LogP) is 3.47. The van der Waals surface area contributed by atoms with Crippen LogP contribution in [0.4, 0.5) is 11.4 Å². The summed E-state index contributed by atoms with van der Waals surface area (Å²) in [5.41, 5.74) is 1.22. The number of nitro groups is 1. The molecule has 0 atom stereocenters. The van der Waals surface area contributed by atoms with Crippen molar-refractivity contribution in [1.29, 1.82) is 5.26 Å². The van der Waals surface area contributed by atoms with Gasteiger partial charge in [-0.15, -0.1) is 0 Å². The molecule has 142 valence electrons. The number of fused-ring (bicyclic) bond motifs is 1. The zero-order valence-electron chi connectivity index (χ0n) is 15.1. The van der Waals surface area contributed by atoms with Crippen LogP contribution in [0.1, 0.15) is 18.1 Å². The van der Waals surface area contributed by atoms with Crippen molar-refractivity contribution in [3.63, 3.8) is 0 Å². The maximum Gasteiger partial charge on any atom is 0.273 e. The van der Waals surface area contributed by atoms with Crippen LogP contribution in [0.15, 0.2) is 42.0 Å². The Morgan fingerprint density at radius 1 is 1.25 bits per heavy atom. The Morgan fingerprint density at radius 3 is 2.68 bits per heavy atom. The quantitative estimate of drug-likeness (QED) is 0.368. The van der Waals surface area contributed by atoms with Crippen molar-refractivity contribution in [2.45, 2.75) is 13.3 Å². The molecule has 0 aromatic heterocycles. The predicted molar refractivity (Wildman–Crippen MR) is 102 cm³/mol. The topological polar surface area (TPSA) is 114 Å². The molecule has 0 radical (unpaired) electrons. The van der Waals surface area contributed by atoms with Gasteiger partial charge >= 0.3 is 0 Å². The summed E-state index contributed by atoms with van der Waals surface area (Å²) >= 11 is 0. The van der Waals surface area contributed by atoms with E-state index in [1.165, 1.54) is 12.1 Å². The first-order chi connectivity index (χ1) is 13.5. The molecule has 0 aliphatic carbocycles. The summed E-state index contributed by atoms with van der Waals surface area (Å²) in [6.07, 6.45) is 1.83. The molecule has 0 saturated carbocycles. The highest BCUT2D eigenvalue weighted by atomic mass is 16.6. The van der Waals surface area contributed by atoms with Gasteiger partial charge in [-0.2, -0.15) is 5.26 Å². The Labute approximate surface area is 161 Å². The van der Waals surface area contributed by atoms with E-state index < -0.39 is 10.8 Å². The second-order valence-electron chi connectivity index (χ2n) is 5.98. The van der Waals surface area contributed by atoms with Gasteiger partial charge in [-0.25, -0.2) is 0 Å². The van der Waals surface area contributed by atoms with Gasteiger partial charge in [0.05, 0.1) is 4.92 Å². The minimum Gasteiger partial charge on any atom is -0.486 e. The maximum absolute atomic E-state index is 12.5. The summed E-state index contributed by atoms with van der Waals surface area (Å²) in [7, 11) is 0. The molecular weight excluding hydrogens is 362 g/mol. The zero-order chi connectivity index (χ0) is 20.1. The number of carbonyl (C=O) groups is 1. The molecule has 1 aliphatic rings. The van der Waals surface area contributed by atoms with E-state index in [1.807, 2.05) is 13.0 Å². The number of benzene rings is 2. The normalized spacial score (nSPS) is 12.8. The van der Waals surface area contributed by atoms with Crippen molar-refractivity contribution >= 4 is 23.4 Å². The van der Waals surface area contributed by atoms with Gasteiger partial charge < -0.3 is 14.8 Å². The van der Waals surface area contributed by atoms with Crippen LogP contribution >= 0.6 is 0 Å². The molecule has 0 fully saturated rings. The van der Waals surface area contributed by atoms with Crippen molar-refractivity contribution in [3.8, 4) is 17.6 Å². The molecule has 1 N–H and O–H groups in total. The summed E-state index contributed by atoms with van der Waals surface area (Å²) in [4.78, 5) is 23.2. The van der Waals surface area contributed by atoms with Crippen molar-refractivity contribution in [2.24, 2.45) is 0 Å². The fourth-order valence-corrected chi connectivity index (χ4v) is 2.77. The molecule has 1 heterocycles. The van der Waals surface area contributed by atoms with E-state index in [1.54, 1.807) is 30.3 Å². The monoisotopic (exact) mass is 379 g/mol. The lowest BCUT2D eigenvalue weighted by Gasteiger charge is -2.18. The van der Waals surface area contributed by atoms with E-state index in [4.69, 9.17) is 9.47 Å². The zero-order valence-corrected chi connectivity index (χ0v) is 15.1. The van der Waals surface area contributed by atoms with Gasteiger partial charge in [0.1, 0.15) is 24.9 Å². The molecule has 0 unspecified atom stereocenters. The first-order valence-electron chi connectivity index (χ1n) is 8.62. The van der Waals surface area contributed by atoms with E-state index in [9.17, 15) is 20.2 Å². The molecule has 0 spiro atoms. The van der Waals surface area contributed by atoms with Crippen molar-refractivity contribution in [3.05, 3.63) is 63.2 Å². The molecule has 8 heteroatoms. The van der Waals surface area contributed by atoms with Crippen LogP contribution < -0.4 is 14.8 Å². The number of aryl methyl sites for hydroxylation is 1. The number of hydrogen-bond donors (Lipinski definition) is 1. The van der Waals surface area contributed by atoms with Crippen molar-refractivity contribution < 1.29 is 19.2 Å². The molecule has 1 amide bonds. The molecule has 1 aliphatic heterocycles. The number of nitro benzene ring substituents is 1. The van der Waals surface area contributed by atoms with E-state index >= 15 is 0 Å². The number of nitrogens with zero attached hydrogens (tertiary/aromatic N) is 2. The van der Waals surface area contributed by atoms with Crippen LogP contribution in [-0.2, 0) is 11.2 Å². The van der Waals surface area contributed by atoms with Crippen LogP contribution in [0.2, 0.25) is 0 Å². The van der Waals surface area contributed by atoms with Gasteiger partial charge in [0, 0.05) is 23.4 Å². The number of nitriles is 1. The third-order valence-corrected chi connectivity index (χ3v) is 4.16. The van der Waals surface area contributed by atoms with Crippen molar-refractivity contribution in [1.82, 2.24) is 0 Å². The number of hydrogen-bond acceptors (Lipinski definition) is 6. The van der Waals surface area contributed by atoms with Gasteiger partial charge in [-0.3, -0.25) is 14.9 Å². The first kappa shape index (κ1) is 18.9. The number of anilines is 1. The highest BCUT2D eigenvalue weighted by Gasteiger charge is 2.16. The molecule has 8 nitrogen and oxygen atoms in total. The number of nitrogens with one attached hydrogen (secondary N) is 1. The highest BCUT2D eigenvalue weighted by molar-refractivity contribution is 6.09. The first-order valence-corrected chi connectivity index (χ1v) is 8.62. The number of carbonyl (C=O) groups excluding carboxylic acids is 1. The van der Waals surface area contributed by atoms with Crippen LogP contribution in [0.5, 0.6) is 11.5 Å². The highest BCUT2D eigenvalue weighted by Crippen LogP contribution is 2.32. The Bertz CT molecular complexity index is 1010. The largest absolute Gasteiger partial charge is 0.486 e. The molecule has 3 rings (SSSR count). The number of ether oxygens (including phenoxy) is 2. The lowest BCUT2D eigenvalue weighted by molar-refractivity contribution is -0.385. The lowest BCUT2D eigenvalue weighted by Crippen LogP contribution is -2.17. The minimum atomic E-state index is -0.624. The van der Waals surface area contributed by atoms with Crippen LogP contribution in [0.3, 0.4) is 0 Å². The van der Waals surface area contributed by atoms with Gasteiger partial charge in [0.2, 0.25) is 0 Å². The van der Waals surface area contributed by atoms with Crippen LogP contribution in [0.25, 0.3) is 6.08 Å². The average molecular weight is 379 g/mol. The Hall–Kier alpha value is -3.86. The third-order valence-electron chi connectivity index (χ3n) is 4.16. The lowest BCUT2D eigenvalue weighted by atomic mass is 10.0. The fourth-order valence-electron chi connectivity index (χ4n) is 2.77. The molecule has 2 aromatic carbocycles. The standard InChI is InChI=1S/C20H17N3O5/c1-2-14-4-3-13(10-17(14)23(25)26)9-15(12-21)20(24)22-16-5-6-18-19(11-16)28-8-7-27-18/h3-6,9-11H,2,7-8H2,1H3,(H,22,24)/b15-9+. The number of rotatable bonds is 5. The van der Waals surface area contributed by atoms with Crippen LogP contribution in [0, 0.1) is 21.4 Å². The van der Waals surface area contributed by atoms with Gasteiger partial charge in [0.25, 0.3) is 11.6 Å². The second kappa shape index (κ2) is 8.22.